The third-order valence-corrected chi connectivity index (χ3v) is 2.53. The summed E-state index contributed by atoms with van der Waals surface area (Å²) in [6.07, 6.45) is 0. The first kappa shape index (κ1) is 11.2. The average Bonchev–Trinajstić information content (AvgIpc) is 2.79. The largest absolute Gasteiger partial charge is 0.497 e. The minimum absolute atomic E-state index is 0.0715. The minimum atomic E-state index is -1.02. The summed E-state index contributed by atoms with van der Waals surface area (Å²) >= 11 is 0. The van der Waals surface area contributed by atoms with Crippen molar-refractivity contribution in [1.82, 2.24) is 10.2 Å². The lowest BCUT2D eigenvalue weighted by atomic mass is 10.1. The number of carbonyl (C=O) groups is 1. The molecule has 0 aliphatic heterocycles. The number of aromatic amines is 1. The van der Waals surface area contributed by atoms with Crippen molar-refractivity contribution in [2.75, 3.05) is 7.11 Å². The number of aryl methyl sites for hydroxylation is 1. The summed E-state index contributed by atoms with van der Waals surface area (Å²) in [5.74, 6) is -0.310. The standard InChI is InChI=1S/C12H12N2O3/c1-7-3-4-8(17-2)5-9(7)10-6-11(12(15)16)14-13-10/h3-6H,1-2H3,(H,13,14)(H,15,16). The van der Waals surface area contributed by atoms with Crippen LogP contribution >= 0.6 is 0 Å². The number of nitrogens with one attached hydrogen (secondary N) is 1. The number of ether oxygens (including phenoxy) is 1. The second kappa shape index (κ2) is 4.29. The number of benzene rings is 1. The molecule has 5 nitrogen and oxygen atoms in total. The summed E-state index contributed by atoms with van der Waals surface area (Å²) < 4.78 is 5.13. The Labute approximate surface area is 98.0 Å². The number of hydrogen-bond donors (Lipinski definition) is 2. The summed E-state index contributed by atoms with van der Waals surface area (Å²) in [5.41, 5.74) is 2.53. The molecule has 17 heavy (non-hydrogen) atoms. The Kier molecular flexibility index (Phi) is 2.82. The van der Waals surface area contributed by atoms with Crippen LogP contribution in [0.5, 0.6) is 5.75 Å². The Morgan fingerprint density at radius 2 is 2.18 bits per heavy atom. The van der Waals surface area contributed by atoms with Gasteiger partial charge in [0.1, 0.15) is 11.4 Å². The van der Waals surface area contributed by atoms with Gasteiger partial charge in [0, 0.05) is 5.56 Å². The highest BCUT2D eigenvalue weighted by Gasteiger charge is 2.11. The summed E-state index contributed by atoms with van der Waals surface area (Å²) in [6.45, 7) is 1.93. The van der Waals surface area contributed by atoms with E-state index in [1.165, 1.54) is 6.07 Å². The van der Waals surface area contributed by atoms with Crippen molar-refractivity contribution in [3.8, 4) is 17.0 Å². The molecular weight excluding hydrogens is 220 g/mol. The first-order valence-electron chi connectivity index (χ1n) is 5.05. The zero-order valence-electron chi connectivity index (χ0n) is 9.52. The van der Waals surface area contributed by atoms with Crippen molar-refractivity contribution in [2.45, 2.75) is 6.92 Å². The molecule has 0 radical (unpaired) electrons. The van der Waals surface area contributed by atoms with Gasteiger partial charge in [-0.1, -0.05) is 6.07 Å². The molecule has 0 aliphatic rings. The quantitative estimate of drug-likeness (QED) is 0.849. The van der Waals surface area contributed by atoms with Gasteiger partial charge in [0.2, 0.25) is 0 Å². The summed E-state index contributed by atoms with van der Waals surface area (Å²) in [6, 6.07) is 7.09. The fourth-order valence-corrected chi connectivity index (χ4v) is 1.57. The first-order chi connectivity index (χ1) is 8.11. The van der Waals surface area contributed by atoms with E-state index in [0.29, 0.717) is 11.4 Å². The summed E-state index contributed by atoms with van der Waals surface area (Å²) in [4.78, 5) is 10.8. The molecule has 0 aliphatic carbocycles. The van der Waals surface area contributed by atoms with Crippen LogP contribution < -0.4 is 4.74 Å². The lowest BCUT2D eigenvalue weighted by Crippen LogP contribution is -1.95. The lowest BCUT2D eigenvalue weighted by Gasteiger charge is -2.05. The molecule has 0 bridgehead atoms. The molecule has 2 rings (SSSR count). The van der Waals surface area contributed by atoms with Crippen molar-refractivity contribution >= 4 is 5.97 Å². The fourth-order valence-electron chi connectivity index (χ4n) is 1.57. The molecule has 2 aromatic rings. The van der Waals surface area contributed by atoms with Crippen LogP contribution in [0.15, 0.2) is 24.3 Å². The van der Waals surface area contributed by atoms with Gasteiger partial charge >= 0.3 is 5.97 Å². The van der Waals surface area contributed by atoms with Crippen molar-refractivity contribution in [3.63, 3.8) is 0 Å². The zero-order chi connectivity index (χ0) is 12.4. The van der Waals surface area contributed by atoms with Gasteiger partial charge in [0.05, 0.1) is 12.8 Å². The number of nitrogens with zero attached hydrogens (tertiary/aromatic N) is 1. The maximum atomic E-state index is 10.8. The highest BCUT2D eigenvalue weighted by Crippen LogP contribution is 2.26. The predicted molar refractivity (Wildman–Crippen MR) is 62.3 cm³/mol. The predicted octanol–water partition coefficient (Wildman–Crippen LogP) is 2.09. The Balaban J connectivity index is 2.47. The zero-order valence-corrected chi connectivity index (χ0v) is 9.52. The minimum Gasteiger partial charge on any atom is -0.497 e. The van der Waals surface area contributed by atoms with Crippen molar-refractivity contribution in [3.05, 3.63) is 35.5 Å². The van der Waals surface area contributed by atoms with E-state index in [0.717, 1.165) is 11.1 Å². The number of carboxylic acid groups (broad SMARTS) is 1. The van der Waals surface area contributed by atoms with Gasteiger partial charge in [-0.3, -0.25) is 5.10 Å². The van der Waals surface area contributed by atoms with E-state index in [1.54, 1.807) is 7.11 Å². The van der Waals surface area contributed by atoms with E-state index in [9.17, 15) is 4.79 Å². The van der Waals surface area contributed by atoms with Crippen LogP contribution in [0.2, 0.25) is 0 Å². The van der Waals surface area contributed by atoms with Gasteiger partial charge < -0.3 is 9.84 Å². The fraction of sp³-hybridized carbons (Fsp3) is 0.167. The van der Waals surface area contributed by atoms with Gasteiger partial charge in [0.25, 0.3) is 0 Å². The normalized spacial score (nSPS) is 10.2. The highest BCUT2D eigenvalue weighted by molar-refractivity contribution is 5.87. The van der Waals surface area contributed by atoms with Crippen LogP contribution in [-0.4, -0.2) is 28.4 Å². The van der Waals surface area contributed by atoms with Crippen LogP contribution in [0.4, 0.5) is 0 Å². The second-order valence-electron chi connectivity index (χ2n) is 3.65. The van der Waals surface area contributed by atoms with Crippen molar-refractivity contribution in [1.29, 1.82) is 0 Å². The van der Waals surface area contributed by atoms with Gasteiger partial charge in [-0.2, -0.15) is 5.10 Å². The van der Waals surface area contributed by atoms with Gasteiger partial charge in [-0.05, 0) is 30.7 Å². The molecule has 2 N–H and O–H groups in total. The average molecular weight is 232 g/mol. The molecule has 0 spiro atoms. The summed E-state index contributed by atoms with van der Waals surface area (Å²) in [5, 5.41) is 15.3. The molecular formula is C12H12N2O3. The first-order valence-corrected chi connectivity index (χ1v) is 5.05. The SMILES string of the molecule is COc1ccc(C)c(-c2cc(C(=O)O)[nH]n2)c1. The van der Waals surface area contributed by atoms with Crippen LogP contribution in [0, 0.1) is 6.92 Å². The smallest absolute Gasteiger partial charge is 0.353 e. The van der Waals surface area contributed by atoms with E-state index in [4.69, 9.17) is 9.84 Å². The number of rotatable bonds is 3. The Bertz CT molecular complexity index is 561. The number of aromatic nitrogens is 2. The molecule has 0 atom stereocenters. The monoisotopic (exact) mass is 232 g/mol. The van der Waals surface area contributed by atoms with E-state index in [1.807, 2.05) is 25.1 Å². The van der Waals surface area contributed by atoms with E-state index in [2.05, 4.69) is 10.2 Å². The van der Waals surface area contributed by atoms with Gasteiger partial charge in [-0.15, -0.1) is 0 Å². The van der Waals surface area contributed by atoms with Crippen molar-refractivity contribution in [2.24, 2.45) is 0 Å². The van der Waals surface area contributed by atoms with Crippen LogP contribution in [0.1, 0.15) is 16.1 Å². The Morgan fingerprint density at radius 3 is 2.76 bits per heavy atom. The molecule has 0 amide bonds. The number of methoxy groups -OCH3 is 1. The molecule has 1 aromatic carbocycles. The second-order valence-corrected chi connectivity index (χ2v) is 3.65. The van der Waals surface area contributed by atoms with Crippen LogP contribution in [0.25, 0.3) is 11.3 Å². The van der Waals surface area contributed by atoms with Crippen molar-refractivity contribution < 1.29 is 14.6 Å². The number of hydrogen-bond acceptors (Lipinski definition) is 3. The van der Waals surface area contributed by atoms with E-state index >= 15 is 0 Å². The highest BCUT2D eigenvalue weighted by atomic mass is 16.5. The lowest BCUT2D eigenvalue weighted by molar-refractivity contribution is 0.0690. The Morgan fingerprint density at radius 1 is 1.41 bits per heavy atom. The maximum Gasteiger partial charge on any atom is 0.353 e. The third kappa shape index (κ3) is 2.13. The molecule has 1 aromatic heterocycles. The summed E-state index contributed by atoms with van der Waals surface area (Å²) in [7, 11) is 1.58. The van der Waals surface area contributed by atoms with Gasteiger partial charge in [-0.25, -0.2) is 4.79 Å². The molecule has 1 heterocycles. The van der Waals surface area contributed by atoms with Crippen LogP contribution in [0.3, 0.4) is 0 Å². The van der Waals surface area contributed by atoms with Crippen LogP contribution in [-0.2, 0) is 0 Å². The molecule has 0 fully saturated rings. The van der Waals surface area contributed by atoms with E-state index < -0.39 is 5.97 Å². The molecule has 0 saturated carbocycles. The molecule has 5 heteroatoms. The Hall–Kier alpha value is -2.30. The van der Waals surface area contributed by atoms with E-state index in [-0.39, 0.29) is 5.69 Å². The number of aromatic carboxylic acids is 1. The maximum absolute atomic E-state index is 10.8. The number of carboxylic acids is 1. The molecule has 88 valence electrons. The topological polar surface area (TPSA) is 75.2 Å². The molecule has 0 saturated heterocycles. The van der Waals surface area contributed by atoms with Gasteiger partial charge in [0.15, 0.2) is 0 Å². The number of H-pyrrole nitrogens is 1. The molecule has 0 unspecified atom stereocenters. The third-order valence-electron chi connectivity index (χ3n) is 2.53.